The maximum Gasteiger partial charge on any atom is 0.306 e. The summed E-state index contributed by atoms with van der Waals surface area (Å²) in [6.07, 6.45) is -4.91. The van der Waals surface area contributed by atoms with Crippen LogP contribution in [0.3, 0.4) is 0 Å². The van der Waals surface area contributed by atoms with Crippen molar-refractivity contribution in [3.63, 3.8) is 0 Å². The molecule has 7 nitrogen and oxygen atoms in total. The van der Waals surface area contributed by atoms with Crippen LogP contribution in [0.1, 0.15) is 46.5 Å². The highest BCUT2D eigenvalue weighted by molar-refractivity contribution is 6.44. The fourth-order valence-electron chi connectivity index (χ4n) is 7.63. The third-order valence-electron chi connectivity index (χ3n) is 9.32. The van der Waals surface area contributed by atoms with Crippen LogP contribution in [0, 0.1) is 28.6 Å². The van der Waals surface area contributed by atoms with Crippen molar-refractivity contribution in [3.05, 3.63) is 22.8 Å². The Morgan fingerprint density at radius 1 is 1.26 bits per heavy atom. The van der Waals surface area contributed by atoms with Crippen LogP contribution < -0.4 is 0 Å². The van der Waals surface area contributed by atoms with E-state index >= 15 is 8.78 Å². The van der Waals surface area contributed by atoms with Crippen molar-refractivity contribution in [2.45, 2.75) is 76.1 Å². The molecular weight excluding hydrogens is 474 g/mol. The molecule has 0 bridgehead atoms. The molecule has 0 aliphatic heterocycles. The zero-order valence-electron chi connectivity index (χ0n) is 19.1. The lowest BCUT2D eigenvalue weighted by Gasteiger charge is -2.63. The Morgan fingerprint density at radius 2 is 1.88 bits per heavy atom. The molecule has 4 aliphatic carbocycles. The van der Waals surface area contributed by atoms with Crippen LogP contribution in [0.25, 0.3) is 0 Å². The van der Waals surface area contributed by atoms with Crippen LogP contribution in [0.4, 0.5) is 8.78 Å². The number of aliphatic hydroxyl groups excluding tert-OH is 2. The lowest BCUT2D eigenvalue weighted by molar-refractivity contribution is -0.225. The molecule has 34 heavy (non-hydrogen) atoms. The number of carbonyl (C=O) groups excluding carboxylic acids is 2. The van der Waals surface area contributed by atoms with Crippen LogP contribution in [0.15, 0.2) is 22.8 Å². The number of rotatable bonds is 4. The fraction of sp³-hybridized carbons (Fsp3) is 0.708. The minimum atomic E-state index is -2.44. The number of Topliss-reactive ketones (excluding diaryl/α,β-unsaturated/α-hetero) is 1. The molecule has 4 rings (SSSR count). The smallest absolute Gasteiger partial charge is 0.306 e. The van der Waals surface area contributed by atoms with E-state index < -0.39 is 88.6 Å². The summed E-state index contributed by atoms with van der Waals surface area (Å²) in [7, 11) is 0. The lowest BCUT2D eigenvalue weighted by Crippen LogP contribution is -2.71. The largest absolute Gasteiger partial charge is 0.481 e. The molecule has 4 aliphatic rings. The summed E-state index contributed by atoms with van der Waals surface area (Å²) < 4.78 is 32.6. The first-order chi connectivity index (χ1) is 15.6. The number of fused-ring (bicyclic) bond motifs is 5. The van der Waals surface area contributed by atoms with Gasteiger partial charge in [0.1, 0.15) is 17.9 Å². The quantitative estimate of drug-likeness (QED) is 0.463. The summed E-state index contributed by atoms with van der Waals surface area (Å²) in [5, 5.41) is 41.9. The summed E-state index contributed by atoms with van der Waals surface area (Å²) in [5.74, 6) is -5.91. The van der Waals surface area contributed by atoms with E-state index in [0.717, 1.165) is 12.2 Å². The molecule has 4 unspecified atom stereocenters. The highest BCUT2D eigenvalue weighted by Crippen LogP contribution is 2.71. The van der Waals surface area contributed by atoms with Crippen molar-refractivity contribution >= 4 is 29.1 Å². The number of aliphatic carboxylic acids is 1. The second-order valence-corrected chi connectivity index (χ2v) is 11.3. The van der Waals surface area contributed by atoms with E-state index in [2.05, 4.69) is 0 Å². The maximum atomic E-state index is 17.2. The Bertz CT molecular complexity index is 1030. The number of carboxylic acid groups (broad SMARTS) is 1. The average molecular weight is 503 g/mol. The van der Waals surface area contributed by atoms with E-state index in [1.54, 1.807) is 6.92 Å². The van der Waals surface area contributed by atoms with Gasteiger partial charge >= 0.3 is 5.97 Å². The SMILES string of the molecule is CC1C[C@H]2[C@@H]3CC(F)C4=CC(=O)C(Cl)=C[C@]4(C)[C@@]3(F)C(O)C[C@]2(C)[C@@]1(O)C(=O)C(O)CC(=O)O. The highest BCUT2D eigenvalue weighted by Gasteiger charge is 2.77. The summed E-state index contributed by atoms with van der Waals surface area (Å²) in [5.41, 5.74) is -7.98. The normalized spacial score (nSPS) is 48.7. The van der Waals surface area contributed by atoms with Gasteiger partial charge in [-0.05, 0) is 55.7 Å². The van der Waals surface area contributed by atoms with Gasteiger partial charge in [0, 0.05) is 16.7 Å². The van der Waals surface area contributed by atoms with E-state index in [1.165, 1.54) is 13.8 Å². The molecule has 0 saturated heterocycles. The predicted molar refractivity (Wildman–Crippen MR) is 116 cm³/mol. The second-order valence-electron chi connectivity index (χ2n) is 10.9. The number of allylic oxidation sites excluding steroid dienone is 4. The minimum Gasteiger partial charge on any atom is -0.481 e. The fourth-order valence-corrected chi connectivity index (χ4v) is 7.90. The van der Waals surface area contributed by atoms with Crippen molar-refractivity contribution in [3.8, 4) is 0 Å². The molecule has 0 heterocycles. The van der Waals surface area contributed by atoms with Crippen LogP contribution in [0.2, 0.25) is 0 Å². The van der Waals surface area contributed by atoms with Gasteiger partial charge in [-0.15, -0.1) is 0 Å². The van der Waals surface area contributed by atoms with Crippen LogP contribution >= 0.6 is 11.6 Å². The summed E-state index contributed by atoms with van der Waals surface area (Å²) in [6, 6.07) is 0. The number of aliphatic hydroxyl groups is 3. The minimum absolute atomic E-state index is 0.0970. The zero-order valence-corrected chi connectivity index (χ0v) is 19.9. The van der Waals surface area contributed by atoms with Crippen molar-refractivity contribution in [2.24, 2.45) is 28.6 Å². The summed E-state index contributed by atoms with van der Waals surface area (Å²) in [6.45, 7) is 4.44. The Balaban J connectivity index is 1.82. The van der Waals surface area contributed by atoms with Gasteiger partial charge in [-0.3, -0.25) is 14.4 Å². The van der Waals surface area contributed by atoms with E-state index in [4.69, 9.17) is 16.7 Å². The number of ketones is 2. The molecular formula is C24H29ClF2O7. The van der Waals surface area contributed by atoms with Gasteiger partial charge < -0.3 is 20.4 Å². The number of hydrogen-bond acceptors (Lipinski definition) is 6. The molecule has 10 atom stereocenters. The zero-order chi connectivity index (χ0) is 25.6. The van der Waals surface area contributed by atoms with E-state index in [-0.39, 0.29) is 23.4 Å². The van der Waals surface area contributed by atoms with Crippen LogP contribution in [0.5, 0.6) is 0 Å². The van der Waals surface area contributed by atoms with Gasteiger partial charge in [-0.25, -0.2) is 8.78 Å². The van der Waals surface area contributed by atoms with Gasteiger partial charge in [0.25, 0.3) is 0 Å². The van der Waals surface area contributed by atoms with Crippen molar-refractivity contribution < 1.29 is 43.6 Å². The van der Waals surface area contributed by atoms with Crippen LogP contribution in [-0.2, 0) is 14.4 Å². The van der Waals surface area contributed by atoms with Crippen molar-refractivity contribution in [1.82, 2.24) is 0 Å². The number of halogens is 3. The molecule has 0 aromatic rings. The Hall–Kier alpha value is -1.68. The predicted octanol–water partition coefficient (Wildman–Crippen LogP) is 2.25. The molecule has 3 fully saturated rings. The standard InChI is InChI=1S/C24H29ClF2O7/c1-10-4-11-12-5-15(26)13-6-16(28)14(25)8-21(13,2)23(12,27)18(30)9-22(11,3)24(10,34)20(33)17(29)7-19(31)32/h6,8,10-12,15,17-18,29-30,34H,4-5,7,9H2,1-3H3,(H,31,32)/t10?,11-,12-,15?,17?,18?,21-,22-,23-,24-/m0/s1. The number of carbonyl (C=O) groups is 3. The maximum absolute atomic E-state index is 17.2. The molecule has 0 aromatic carbocycles. The molecule has 0 amide bonds. The third kappa shape index (κ3) is 2.93. The van der Waals surface area contributed by atoms with E-state index in [0.29, 0.717) is 0 Å². The monoisotopic (exact) mass is 502 g/mol. The van der Waals surface area contributed by atoms with Crippen LogP contribution in [-0.4, -0.2) is 67.6 Å². The van der Waals surface area contributed by atoms with Gasteiger partial charge in [0.2, 0.25) is 0 Å². The first kappa shape index (κ1) is 25.4. The van der Waals surface area contributed by atoms with Crippen molar-refractivity contribution in [1.29, 1.82) is 0 Å². The molecule has 0 spiro atoms. The van der Waals surface area contributed by atoms with Crippen molar-refractivity contribution in [2.75, 3.05) is 0 Å². The lowest BCUT2D eigenvalue weighted by atomic mass is 9.44. The number of hydrogen-bond donors (Lipinski definition) is 4. The molecule has 10 heteroatoms. The topological polar surface area (TPSA) is 132 Å². The van der Waals surface area contributed by atoms with Gasteiger partial charge in [0.05, 0.1) is 17.6 Å². The summed E-state index contributed by atoms with van der Waals surface area (Å²) >= 11 is 6.03. The first-order valence-corrected chi connectivity index (χ1v) is 11.8. The Kier molecular flexibility index (Phi) is 5.72. The van der Waals surface area contributed by atoms with E-state index in [9.17, 15) is 29.7 Å². The van der Waals surface area contributed by atoms with Gasteiger partial charge in [0.15, 0.2) is 17.2 Å². The molecule has 0 aromatic heterocycles. The van der Waals surface area contributed by atoms with E-state index in [1.807, 2.05) is 0 Å². The number of carboxylic acids is 1. The molecule has 4 N–H and O–H groups in total. The Labute approximate surface area is 200 Å². The highest BCUT2D eigenvalue weighted by atomic mass is 35.5. The summed E-state index contributed by atoms with van der Waals surface area (Å²) in [4.78, 5) is 36.3. The van der Waals surface area contributed by atoms with Gasteiger partial charge in [-0.1, -0.05) is 25.4 Å². The molecule has 188 valence electrons. The number of alkyl halides is 2. The second kappa shape index (κ2) is 7.66. The molecule has 0 radical (unpaired) electrons. The molecule has 3 saturated carbocycles. The van der Waals surface area contributed by atoms with Gasteiger partial charge in [-0.2, -0.15) is 0 Å². The third-order valence-corrected chi connectivity index (χ3v) is 9.61. The average Bonchev–Trinajstić information content (AvgIpc) is 2.93. The Morgan fingerprint density at radius 3 is 2.47 bits per heavy atom. The first-order valence-electron chi connectivity index (χ1n) is 11.4.